The van der Waals surface area contributed by atoms with Gasteiger partial charge in [0.1, 0.15) is 17.2 Å². The number of anilines is 2. The van der Waals surface area contributed by atoms with E-state index in [4.69, 9.17) is 0 Å². The van der Waals surface area contributed by atoms with Gasteiger partial charge >= 0.3 is 6.03 Å². The van der Waals surface area contributed by atoms with Gasteiger partial charge in [-0.15, -0.1) is 0 Å². The molecule has 146 valence electrons. The molecule has 3 aromatic rings. The van der Waals surface area contributed by atoms with E-state index in [1.165, 1.54) is 34.2 Å². The summed E-state index contributed by atoms with van der Waals surface area (Å²) in [6.45, 7) is -0.00558. The van der Waals surface area contributed by atoms with Crippen molar-refractivity contribution in [2.24, 2.45) is 5.10 Å². The second kappa shape index (κ2) is 7.48. The van der Waals surface area contributed by atoms with Gasteiger partial charge in [0.15, 0.2) is 0 Å². The first-order chi connectivity index (χ1) is 14.0. The van der Waals surface area contributed by atoms with E-state index in [0.717, 1.165) is 0 Å². The zero-order valence-corrected chi connectivity index (χ0v) is 16.6. The van der Waals surface area contributed by atoms with Gasteiger partial charge in [0.25, 0.3) is 0 Å². The molecule has 1 aliphatic heterocycles. The summed E-state index contributed by atoms with van der Waals surface area (Å²) < 4.78 is 0.649. The number of halogens is 1. The summed E-state index contributed by atoms with van der Waals surface area (Å²) >= 11 is 3.43. The minimum atomic E-state index is -0.517. The lowest BCUT2D eigenvalue weighted by Crippen LogP contribution is -2.49. The fourth-order valence-electron chi connectivity index (χ4n) is 3.08. The maximum Gasteiger partial charge on any atom is 0.350 e. The van der Waals surface area contributed by atoms with Crippen LogP contribution in [0.3, 0.4) is 0 Å². The molecule has 0 unspecified atom stereocenters. The zero-order chi connectivity index (χ0) is 20.5. The number of hydrogen-bond acceptors (Lipinski definition) is 5. The summed E-state index contributed by atoms with van der Waals surface area (Å²) in [7, 11) is 0. The molecule has 1 aliphatic rings. The van der Waals surface area contributed by atoms with Gasteiger partial charge in [0.2, 0.25) is 0 Å². The Kier molecular flexibility index (Phi) is 4.85. The van der Waals surface area contributed by atoms with Gasteiger partial charge < -0.3 is 15.3 Å². The van der Waals surface area contributed by atoms with Crippen LogP contribution in [0.25, 0.3) is 0 Å². The Morgan fingerprint density at radius 2 is 1.59 bits per heavy atom. The Balaban J connectivity index is 1.89. The number of carbonyl (C=O) groups excluding carboxylic acids is 1. The van der Waals surface area contributed by atoms with Crippen LogP contribution in [0.1, 0.15) is 5.56 Å². The highest BCUT2D eigenvalue weighted by Crippen LogP contribution is 2.36. The predicted octanol–water partition coefficient (Wildman–Crippen LogP) is 4.42. The van der Waals surface area contributed by atoms with Crippen LogP contribution in [0.5, 0.6) is 17.2 Å². The fourth-order valence-corrected chi connectivity index (χ4v) is 3.53. The van der Waals surface area contributed by atoms with Gasteiger partial charge in [0, 0.05) is 16.1 Å². The lowest BCUT2D eigenvalue weighted by molar-refractivity contribution is 0.251. The average molecular weight is 454 g/mol. The van der Waals surface area contributed by atoms with Crippen molar-refractivity contribution in [3.63, 3.8) is 0 Å². The SMILES string of the molecule is O=C1N(c2cc(O)ccc2O)CC(c2ccccc2O)=NN1c1ccccc1Br. The number of carbonyl (C=O) groups is 1. The molecule has 7 nitrogen and oxygen atoms in total. The average Bonchev–Trinajstić information content (AvgIpc) is 2.71. The smallest absolute Gasteiger partial charge is 0.350 e. The Morgan fingerprint density at radius 3 is 2.34 bits per heavy atom. The predicted molar refractivity (Wildman–Crippen MR) is 114 cm³/mol. The number of aromatic hydroxyl groups is 3. The molecule has 0 spiro atoms. The molecule has 0 aromatic heterocycles. The molecule has 0 atom stereocenters. The maximum atomic E-state index is 13.3. The van der Waals surface area contributed by atoms with Crippen LogP contribution < -0.4 is 9.91 Å². The Bertz CT molecular complexity index is 1130. The van der Waals surface area contributed by atoms with Crippen LogP contribution >= 0.6 is 15.9 Å². The molecule has 0 saturated heterocycles. The van der Waals surface area contributed by atoms with Crippen molar-refractivity contribution in [1.82, 2.24) is 0 Å². The third-order valence-electron chi connectivity index (χ3n) is 4.49. The van der Waals surface area contributed by atoms with E-state index in [-0.39, 0.29) is 29.5 Å². The van der Waals surface area contributed by atoms with E-state index in [0.29, 0.717) is 21.4 Å². The number of hydrazone groups is 1. The standard InChI is InChI=1S/C21H16BrN3O4/c22-15-6-2-3-7-17(15)25-21(29)24(18-11-13(26)9-10-20(18)28)12-16(23-25)14-5-1-4-8-19(14)27/h1-11,26-28H,12H2. The van der Waals surface area contributed by atoms with E-state index in [9.17, 15) is 20.1 Å². The van der Waals surface area contributed by atoms with Crippen LogP contribution in [-0.4, -0.2) is 33.6 Å². The van der Waals surface area contributed by atoms with Gasteiger partial charge in [-0.25, -0.2) is 4.79 Å². The number of phenolic OH excluding ortho intramolecular Hbond substituents is 3. The van der Waals surface area contributed by atoms with Gasteiger partial charge in [-0.1, -0.05) is 24.3 Å². The second-order valence-corrected chi connectivity index (χ2v) is 7.22. The van der Waals surface area contributed by atoms with Gasteiger partial charge in [-0.2, -0.15) is 10.1 Å². The minimum Gasteiger partial charge on any atom is -0.508 e. The summed E-state index contributed by atoms with van der Waals surface area (Å²) in [5.41, 5.74) is 1.51. The molecule has 8 heteroatoms. The quantitative estimate of drug-likeness (QED) is 0.511. The Hall–Kier alpha value is -3.52. The number of para-hydroxylation sites is 2. The largest absolute Gasteiger partial charge is 0.508 e. The second-order valence-electron chi connectivity index (χ2n) is 6.37. The first kappa shape index (κ1) is 18.8. The van der Waals surface area contributed by atoms with Crippen LogP contribution in [-0.2, 0) is 0 Å². The van der Waals surface area contributed by atoms with Crippen LogP contribution in [0.4, 0.5) is 16.2 Å². The molecule has 3 aromatic carbocycles. The molecule has 0 fully saturated rings. The fraction of sp³-hybridized carbons (Fsp3) is 0.0476. The van der Waals surface area contributed by atoms with Crippen molar-refractivity contribution < 1.29 is 20.1 Å². The number of benzene rings is 3. The summed E-state index contributed by atoms with van der Waals surface area (Å²) in [6, 6.07) is 17.2. The number of amides is 2. The third-order valence-corrected chi connectivity index (χ3v) is 5.16. The van der Waals surface area contributed by atoms with Crippen molar-refractivity contribution in [1.29, 1.82) is 0 Å². The molecule has 2 amide bonds. The Morgan fingerprint density at radius 1 is 0.862 bits per heavy atom. The molecule has 4 rings (SSSR count). The van der Waals surface area contributed by atoms with E-state index in [1.54, 1.807) is 36.4 Å². The topological polar surface area (TPSA) is 96.6 Å². The van der Waals surface area contributed by atoms with Crippen LogP contribution in [0.2, 0.25) is 0 Å². The summed E-state index contributed by atoms with van der Waals surface area (Å²) in [5.74, 6) is -0.237. The minimum absolute atomic E-state index is 0.00558. The van der Waals surface area contributed by atoms with E-state index in [2.05, 4.69) is 21.0 Å². The van der Waals surface area contributed by atoms with E-state index in [1.807, 2.05) is 6.07 Å². The highest BCUT2D eigenvalue weighted by molar-refractivity contribution is 9.10. The highest BCUT2D eigenvalue weighted by atomic mass is 79.9. The van der Waals surface area contributed by atoms with Crippen molar-refractivity contribution >= 4 is 39.0 Å². The maximum absolute atomic E-state index is 13.3. The molecule has 3 N–H and O–H groups in total. The molecule has 0 radical (unpaired) electrons. The highest BCUT2D eigenvalue weighted by Gasteiger charge is 2.33. The lowest BCUT2D eigenvalue weighted by Gasteiger charge is -2.34. The Labute approximate surface area is 174 Å². The molecular formula is C21H16BrN3O4. The molecule has 29 heavy (non-hydrogen) atoms. The van der Waals surface area contributed by atoms with Crippen molar-refractivity contribution in [3.05, 3.63) is 76.8 Å². The van der Waals surface area contributed by atoms with Crippen molar-refractivity contribution in [2.75, 3.05) is 16.5 Å². The van der Waals surface area contributed by atoms with Crippen LogP contribution in [0, 0.1) is 0 Å². The number of rotatable bonds is 3. The van der Waals surface area contributed by atoms with Crippen molar-refractivity contribution in [2.45, 2.75) is 0 Å². The zero-order valence-electron chi connectivity index (χ0n) is 15.0. The summed E-state index contributed by atoms with van der Waals surface area (Å²) in [4.78, 5) is 14.6. The van der Waals surface area contributed by atoms with Gasteiger partial charge in [-0.3, -0.25) is 4.90 Å². The number of nitrogens with zero attached hydrogens (tertiary/aromatic N) is 3. The first-order valence-electron chi connectivity index (χ1n) is 8.69. The lowest BCUT2D eigenvalue weighted by atomic mass is 10.1. The van der Waals surface area contributed by atoms with Crippen molar-refractivity contribution in [3.8, 4) is 17.2 Å². The number of hydrogen-bond donors (Lipinski definition) is 3. The molecular weight excluding hydrogens is 438 g/mol. The molecule has 1 heterocycles. The van der Waals surface area contributed by atoms with Gasteiger partial charge in [0.05, 0.1) is 23.6 Å². The number of urea groups is 1. The summed E-state index contributed by atoms with van der Waals surface area (Å²) in [6.07, 6.45) is 0. The van der Waals surface area contributed by atoms with E-state index < -0.39 is 6.03 Å². The first-order valence-corrected chi connectivity index (χ1v) is 9.49. The molecule has 0 bridgehead atoms. The number of phenols is 3. The molecule has 0 aliphatic carbocycles. The monoisotopic (exact) mass is 453 g/mol. The van der Waals surface area contributed by atoms with Gasteiger partial charge in [-0.05, 0) is 52.3 Å². The van der Waals surface area contributed by atoms with E-state index >= 15 is 0 Å². The third kappa shape index (κ3) is 3.50. The summed E-state index contributed by atoms with van der Waals surface area (Å²) in [5, 5.41) is 36.1. The normalized spacial score (nSPS) is 14.1. The molecule has 0 saturated carbocycles. The van der Waals surface area contributed by atoms with Crippen LogP contribution in [0.15, 0.2) is 76.3 Å².